The predicted octanol–water partition coefficient (Wildman–Crippen LogP) is 2.08. The fourth-order valence-corrected chi connectivity index (χ4v) is 1.91. The van der Waals surface area contributed by atoms with Crippen molar-refractivity contribution in [3.63, 3.8) is 0 Å². The highest BCUT2D eigenvalue weighted by Crippen LogP contribution is 2.26. The second-order valence-corrected chi connectivity index (χ2v) is 3.94. The summed E-state index contributed by atoms with van der Waals surface area (Å²) in [6.07, 6.45) is 1.64. The first-order valence-corrected chi connectivity index (χ1v) is 5.17. The Morgan fingerprint density at radius 3 is 3.00 bits per heavy atom. The molecule has 2 rings (SSSR count). The van der Waals surface area contributed by atoms with Gasteiger partial charge in [0.1, 0.15) is 5.01 Å². The van der Waals surface area contributed by atoms with Gasteiger partial charge in [0.05, 0.1) is 12.3 Å². The van der Waals surface area contributed by atoms with Crippen molar-refractivity contribution >= 4 is 11.3 Å². The minimum absolute atomic E-state index is 0.233. The summed E-state index contributed by atoms with van der Waals surface area (Å²) in [6.45, 7) is 2.05. The lowest BCUT2D eigenvalue weighted by molar-refractivity contribution is 0.580. The zero-order valence-electron chi connectivity index (χ0n) is 8.02. The number of hydrogen-bond acceptors (Lipinski definition) is 5. The molecule has 5 heteroatoms. The molecule has 2 aromatic heterocycles. The van der Waals surface area contributed by atoms with Crippen molar-refractivity contribution in [1.82, 2.24) is 15.5 Å². The molecule has 0 radical (unpaired) electrons. The van der Waals surface area contributed by atoms with Crippen LogP contribution in [-0.2, 0) is 0 Å². The molecule has 0 aliphatic carbocycles. The molecule has 74 valence electrons. The smallest absolute Gasteiger partial charge is 0.183 e. The van der Waals surface area contributed by atoms with Gasteiger partial charge in [0.25, 0.3) is 0 Å². The Hall–Kier alpha value is -1.20. The number of aromatic nitrogens is 2. The molecule has 0 aliphatic rings. The molecule has 0 saturated heterocycles. The van der Waals surface area contributed by atoms with E-state index in [1.165, 1.54) is 0 Å². The molecule has 1 N–H and O–H groups in total. The monoisotopic (exact) mass is 209 g/mol. The lowest BCUT2D eigenvalue weighted by atomic mass is 10.4. The third-order valence-electron chi connectivity index (χ3n) is 1.98. The molecule has 0 spiro atoms. The van der Waals surface area contributed by atoms with Crippen LogP contribution in [0.1, 0.15) is 18.0 Å². The summed E-state index contributed by atoms with van der Waals surface area (Å²) in [5, 5.41) is 13.1. The van der Waals surface area contributed by atoms with E-state index in [0.717, 1.165) is 15.8 Å². The predicted molar refractivity (Wildman–Crippen MR) is 55.1 cm³/mol. The molecule has 14 heavy (non-hydrogen) atoms. The van der Waals surface area contributed by atoms with Crippen molar-refractivity contribution in [3.05, 3.63) is 23.4 Å². The van der Waals surface area contributed by atoms with Crippen molar-refractivity contribution in [2.75, 3.05) is 7.05 Å². The number of rotatable bonds is 3. The first-order chi connectivity index (χ1) is 6.81. The van der Waals surface area contributed by atoms with E-state index in [1.807, 2.05) is 26.1 Å². The molecule has 0 aliphatic heterocycles. The second kappa shape index (κ2) is 3.89. The molecule has 0 saturated carbocycles. The van der Waals surface area contributed by atoms with Crippen LogP contribution >= 0.6 is 11.3 Å². The van der Waals surface area contributed by atoms with E-state index in [4.69, 9.17) is 4.42 Å². The molecule has 2 heterocycles. The summed E-state index contributed by atoms with van der Waals surface area (Å²) < 4.78 is 5.23. The van der Waals surface area contributed by atoms with Gasteiger partial charge in [-0.15, -0.1) is 10.2 Å². The van der Waals surface area contributed by atoms with Crippen LogP contribution in [0.5, 0.6) is 0 Å². The van der Waals surface area contributed by atoms with Gasteiger partial charge < -0.3 is 9.73 Å². The third-order valence-corrected chi connectivity index (χ3v) is 3.10. The Morgan fingerprint density at radius 1 is 1.50 bits per heavy atom. The van der Waals surface area contributed by atoms with Crippen LogP contribution in [0.2, 0.25) is 0 Å². The molecular weight excluding hydrogens is 198 g/mol. The van der Waals surface area contributed by atoms with Crippen LogP contribution in [0.15, 0.2) is 22.8 Å². The topological polar surface area (TPSA) is 51.0 Å². The Bertz CT molecular complexity index is 396. The molecular formula is C9H11N3OS. The highest BCUT2D eigenvalue weighted by atomic mass is 32.1. The number of nitrogens with one attached hydrogen (secondary N) is 1. The molecule has 1 unspecified atom stereocenters. The molecule has 4 nitrogen and oxygen atoms in total. The first kappa shape index (κ1) is 9.36. The SMILES string of the molecule is CNC(C)c1nnc(-c2ccco2)s1. The quantitative estimate of drug-likeness (QED) is 0.840. The summed E-state index contributed by atoms with van der Waals surface area (Å²) in [5.41, 5.74) is 0. The van der Waals surface area contributed by atoms with Crippen molar-refractivity contribution in [1.29, 1.82) is 0 Å². The normalized spacial score (nSPS) is 13.0. The van der Waals surface area contributed by atoms with E-state index in [-0.39, 0.29) is 6.04 Å². The van der Waals surface area contributed by atoms with E-state index in [9.17, 15) is 0 Å². The van der Waals surface area contributed by atoms with Gasteiger partial charge in [0.15, 0.2) is 10.8 Å². The zero-order valence-corrected chi connectivity index (χ0v) is 8.84. The van der Waals surface area contributed by atoms with Gasteiger partial charge in [0.2, 0.25) is 0 Å². The first-order valence-electron chi connectivity index (χ1n) is 4.36. The Kier molecular flexibility index (Phi) is 2.60. The second-order valence-electron chi connectivity index (χ2n) is 2.93. The van der Waals surface area contributed by atoms with Crippen molar-refractivity contribution < 1.29 is 4.42 Å². The average Bonchev–Trinajstić information content (AvgIpc) is 2.86. The van der Waals surface area contributed by atoms with Crippen LogP contribution in [0.3, 0.4) is 0 Å². The Labute approximate surface area is 86.0 Å². The maximum atomic E-state index is 5.23. The lowest BCUT2D eigenvalue weighted by Crippen LogP contribution is -2.11. The van der Waals surface area contributed by atoms with Gasteiger partial charge in [-0.25, -0.2) is 0 Å². The molecule has 0 amide bonds. The van der Waals surface area contributed by atoms with Gasteiger partial charge >= 0.3 is 0 Å². The summed E-state index contributed by atoms with van der Waals surface area (Å²) >= 11 is 1.54. The highest BCUT2D eigenvalue weighted by molar-refractivity contribution is 7.14. The lowest BCUT2D eigenvalue weighted by Gasteiger charge is -2.02. The minimum Gasteiger partial charge on any atom is -0.462 e. The van der Waals surface area contributed by atoms with Crippen LogP contribution in [0.25, 0.3) is 10.8 Å². The largest absolute Gasteiger partial charge is 0.462 e. The number of hydrogen-bond donors (Lipinski definition) is 1. The molecule has 0 fully saturated rings. The number of furan rings is 1. The molecule has 2 aromatic rings. The average molecular weight is 209 g/mol. The van der Waals surface area contributed by atoms with E-state index in [2.05, 4.69) is 15.5 Å². The molecule has 0 aromatic carbocycles. The fraction of sp³-hybridized carbons (Fsp3) is 0.333. The van der Waals surface area contributed by atoms with E-state index in [1.54, 1.807) is 17.6 Å². The number of nitrogens with zero attached hydrogens (tertiary/aromatic N) is 2. The van der Waals surface area contributed by atoms with Crippen LogP contribution < -0.4 is 5.32 Å². The van der Waals surface area contributed by atoms with Crippen molar-refractivity contribution in [2.24, 2.45) is 0 Å². The minimum atomic E-state index is 0.233. The van der Waals surface area contributed by atoms with Gasteiger partial charge in [-0.2, -0.15) is 0 Å². The van der Waals surface area contributed by atoms with Crippen LogP contribution in [0.4, 0.5) is 0 Å². The van der Waals surface area contributed by atoms with E-state index >= 15 is 0 Å². The van der Waals surface area contributed by atoms with Gasteiger partial charge in [0, 0.05) is 0 Å². The fourth-order valence-electron chi connectivity index (χ4n) is 1.03. The maximum absolute atomic E-state index is 5.23. The highest BCUT2D eigenvalue weighted by Gasteiger charge is 2.12. The summed E-state index contributed by atoms with van der Waals surface area (Å²) in [5.74, 6) is 0.775. The van der Waals surface area contributed by atoms with E-state index in [0.29, 0.717) is 0 Å². The van der Waals surface area contributed by atoms with Crippen molar-refractivity contribution in [3.8, 4) is 10.8 Å². The van der Waals surface area contributed by atoms with Crippen LogP contribution in [-0.4, -0.2) is 17.2 Å². The summed E-state index contributed by atoms with van der Waals surface area (Å²) in [7, 11) is 1.90. The Morgan fingerprint density at radius 2 is 2.36 bits per heavy atom. The molecule has 0 bridgehead atoms. The third kappa shape index (κ3) is 1.69. The standard InChI is InChI=1S/C9H11N3OS/c1-6(10-2)8-11-12-9(14-8)7-4-3-5-13-7/h3-6,10H,1-2H3. The van der Waals surface area contributed by atoms with Crippen molar-refractivity contribution in [2.45, 2.75) is 13.0 Å². The van der Waals surface area contributed by atoms with Gasteiger partial charge in [-0.3, -0.25) is 0 Å². The van der Waals surface area contributed by atoms with E-state index < -0.39 is 0 Å². The summed E-state index contributed by atoms with van der Waals surface area (Å²) in [4.78, 5) is 0. The maximum Gasteiger partial charge on any atom is 0.183 e. The molecule has 1 atom stereocenters. The van der Waals surface area contributed by atoms with Gasteiger partial charge in [-0.1, -0.05) is 11.3 Å². The van der Waals surface area contributed by atoms with Gasteiger partial charge in [-0.05, 0) is 26.1 Å². The van der Waals surface area contributed by atoms with Crippen LogP contribution in [0, 0.1) is 0 Å². The summed E-state index contributed by atoms with van der Waals surface area (Å²) in [6, 6.07) is 3.96. The zero-order chi connectivity index (χ0) is 9.97. The Balaban J connectivity index is 2.26.